The molecule has 26 heteroatoms. The summed E-state index contributed by atoms with van der Waals surface area (Å²) in [5.74, 6) is -0.348. The van der Waals surface area contributed by atoms with Gasteiger partial charge in [-0.05, 0) is 104 Å². The van der Waals surface area contributed by atoms with Crippen LogP contribution in [-0.4, -0.2) is 214 Å². The number of halogens is 9. The fraction of sp³-hybridized carbons (Fsp3) is 0.981. The van der Waals surface area contributed by atoms with Crippen LogP contribution in [0.1, 0.15) is 99.3 Å². The van der Waals surface area contributed by atoms with Gasteiger partial charge >= 0.3 is 18.5 Å². The van der Waals surface area contributed by atoms with Crippen LogP contribution in [0.2, 0.25) is 18.1 Å². The zero-order valence-electron chi connectivity index (χ0n) is 48.1. The summed E-state index contributed by atoms with van der Waals surface area (Å²) in [6, 6.07) is 0. The van der Waals surface area contributed by atoms with Crippen LogP contribution < -0.4 is 0 Å². The van der Waals surface area contributed by atoms with Crippen LogP contribution >= 0.6 is 8.58 Å². The minimum absolute atomic E-state index is 0.0133. The molecular weight excluding hydrogens is 1110 g/mol. The number of hydrogen-bond donors (Lipinski definition) is 1. The summed E-state index contributed by atoms with van der Waals surface area (Å²) >= 11 is 0. The highest BCUT2D eigenvalue weighted by molar-refractivity contribution is 7.35. The first kappa shape index (κ1) is 67.3. The van der Waals surface area contributed by atoms with Crippen molar-refractivity contribution in [3.8, 4) is 0 Å². The molecule has 0 unspecified atom stereocenters. The number of carbonyl (C=O) groups excluding carboxylic acids is 1. The summed E-state index contributed by atoms with van der Waals surface area (Å²) in [5, 5.41) is 10.3. The number of alkyl halides is 9. The Morgan fingerprint density at radius 1 is 0.595 bits per heavy atom. The molecular formula is C53H88F9O15PSi. The van der Waals surface area contributed by atoms with E-state index >= 15 is 0 Å². The van der Waals surface area contributed by atoms with E-state index < -0.39 is 81.8 Å². The lowest BCUT2D eigenvalue weighted by Gasteiger charge is -2.47. The van der Waals surface area contributed by atoms with Crippen molar-refractivity contribution in [2.75, 3.05) is 94.1 Å². The van der Waals surface area contributed by atoms with Gasteiger partial charge in [-0.1, -0.05) is 20.8 Å². The average Bonchev–Trinajstić information content (AvgIpc) is 4.05. The Bertz CT molecular complexity index is 1990. The van der Waals surface area contributed by atoms with Gasteiger partial charge in [0, 0.05) is 47.6 Å². The van der Waals surface area contributed by atoms with Crippen LogP contribution in [0.5, 0.6) is 0 Å². The lowest BCUT2D eigenvalue weighted by molar-refractivity contribution is -0.174. The molecule has 3 spiro atoms. The Balaban J connectivity index is 0.000000189. The number of Topliss-reactive ketones (excluding diaryl/α,β-unsaturated/α-hetero) is 1. The number of carbonyl (C=O) groups is 1. The Hall–Kier alpha value is -0.873. The maximum absolute atomic E-state index is 12.3. The Morgan fingerprint density at radius 2 is 0.949 bits per heavy atom. The molecule has 0 bridgehead atoms. The summed E-state index contributed by atoms with van der Waals surface area (Å²) in [6.07, 6.45) is -10.0. The van der Waals surface area contributed by atoms with E-state index in [1.807, 2.05) is 20.8 Å². The summed E-state index contributed by atoms with van der Waals surface area (Å²) < 4.78 is 182. The van der Waals surface area contributed by atoms with Crippen molar-refractivity contribution in [2.45, 2.75) is 218 Å². The number of hydrogen-bond acceptors (Lipinski definition) is 15. The monoisotopic (exact) mass is 1190 g/mol. The number of rotatable bonds is 20. The minimum Gasteiger partial charge on any atom is -0.411 e. The lowest BCUT2D eigenvalue weighted by Crippen LogP contribution is -2.58. The number of aliphatic hydroxyl groups is 1. The second-order valence-corrected chi connectivity index (χ2v) is 30.6. The molecule has 0 aromatic rings. The summed E-state index contributed by atoms with van der Waals surface area (Å²) in [6.45, 7) is 19.3. The highest BCUT2D eigenvalue weighted by Crippen LogP contribution is 2.62. The third-order valence-electron chi connectivity index (χ3n) is 18.0. The van der Waals surface area contributed by atoms with Gasteiger partial charge in [-0.25, -0.2) is 0 Å². The molecule has 15 nitrogen and oxygen atoms in total. The molecule has 0 radical (unpaired) electrons. The van der Waals surface area contributed by atoms with Crippen molar-refractivity contribution in [1.29, 1.82) is 0 Å². The largest absolute Gasteiger partial charge is 0.411 e. The van der Waals surface area contributed by atoms with Gasteiger partial charge in [-0.2, -0.15) is 39.5 Å². The first-order valence-electron chi connectivity index (χ1n) is 27.4. The van der Waals surface area contributed by atoms with Crippen LogP contribution in [-0.2, 0) is 66.1 Å². The van der Waals surface area contributed by atoms with Crippen molar-refractivity contribution < 1.29 is 111 Å². The normalized spacial score (nSPS) is 41.2. The molecule has 6 aliphatic heterocycles. The van der Waals surface area contributed by atoms with Gasteiger partial charge < -0.3 is 66.4 Å². The molecule has 1 N–H and O–H groups in total. The Kier molecular flexibility index (Phi) is 21.5. The van der Waals surface area contributed by atoms with Crippen LogP contribution in [0, 0.1) is 17.8 Å². The third-order valence-corrected chi connectivity index (χ3v) is 22.5. The van der Waals surface area contributed by atoms with Crippen molar-refractivity contribution in [3.05, 3.63) is 0 Å². The van der Waals surface area contributed by atoms with Crippen LogP contribution in [0.3, 0.4) is 0 Å². The number of ketones is 1. The first-order chi connectivity index (χ1) is 36.5. The van der Waals surface area contributed by atoms with E-state index in [9.17, 15) is 49.4 Å². The highest BCUT2D eigenvalue weighted by atomic mass is 31.1. The summed E-state index contributed by atoms with van der Waals surface area (Å²) in [5.41, 5.74) is -2.66. The van der Waals surface area contributed by atoms with E-state index in [1.54, 1.807) is 14.2 Å². The molecule has 6 heterocycles. The second-order valence-electron chi connectivity index (χ2n) is 24.8. The van der Waals surface area contributed by atoms with E-state index in [0.717, 1.165) is 27.8 Å². The maximum atomic E-state index is 12.3. The minimum atomic E-state index is -4.32. The quantitative estimate of drug-likeness (QED) is 0.0401. The van der Waals surface area contributed by atoms with Gasteiger partial charge in [0.25, 0.3) is 0 Å². The maximum Gasteiger partial charge on any atom is 0.411 e. The molecule has 9 rings (SSSR count). The van der Waals surface area contributed by atoms with E-state index in [-0.39, 0.29) is 95.7 Å². The number of methoxy groups -OCH3 is 3. The molecule has 9 fully saturated rings. The third kappa shape index (κ3) is 16.4. The number of epoxide rings is 6. The van der Waals surface area contributed by atoms with Gasteiger partial charge in [-0.15, -0.1) is 8.58 Å². The zero-order valence-corrected chi connectivity index (χ0v) is 50.1. The zero-order chi connectivity index (χ0) is 59.1. The Labute approximate surface area is 462 Å². The first-order valence-corrected chi connectivity index (χ1v) is 32.4. The van der Waals surface area contributed by atoms with Crippen molar-refractivity contribution >= 4 is 22.7 Å². The number of ether oxygens (including phenoxy) is 12. The van der Waals surface area contributed by atoms with Crippen LogP contribution in [0.4, 0.5) is 39.5 Å². The Morgan fingerprint density at radius 3 is 1.29 bits per heavy atom. The fourth-order valence-corrected chi connectivity index (χ4v) is 14.0. The lowest BCUT2D eigenvalue weighted by atomic mass is 9.68. The van der Waals surface area contributed by atoms with Crippen molar-refractivity contribution in [1.82, 2.24) is 0 Å². The molecule has 79 heavy (non-hydrogen) atoms. The summed E-state index contributed by atoms with van der Waals surface area (Å²) in [4.78, 5) is 12.1. The van der Waals surface area contributed by atoms with Crippen LogP contribution in [0.15, 0.2) is 0 Å². The molecule has 0 aromatic heterocycles. The molecule has 9 aliphatic rings. The molecule has 0 aromatic carbocycles. The van der Waals surface area contributed by atoms with Gasteiger partial charge in [0.15, 0.2) is 14.1 Å². The van der Waals surface area contributed by atoms with Crippen molar-refractivity contribution in [2.24, 2.45) is 17.8 Å². The van der Waals surface area contributed by atoms with E-state index in [1.165, 1.54) is 7.11 Å². The molecule has 3 saturated carbocycles. The average molecular weight is 1200 g/mol. The van der Waals surface area contributed by atoms with E-state index in [0.29, 0.717) is 58.3 Å². The van der Waals surface area contributed by atoms with Crippen molar-refractivity contribution in [3.63, 3.8) is 0 Å². The fourth-order valence-electron chi connectivity index (χ4n) is 12.7. The molecule has 6 saturated heterocycles. The predicted molar refractivity (Wildman–Crippen MR) is 274 cm³/mol. The smallest absolute Gasteiger partial charge is 0.411 e. The van der Waals surface area contributed by atoms with Gasteiger partial charge in [-0.3, -0.25) is 4.79 Å². The van der Waals surface area contributed by atoms with Gasteiger partial charge in [0.1, 0.15) is 48.3 Å². The van der Waals surface area contributed by atoms with E-state index in [2.05, 4.69) is 56.7 Å². The van der Waals surface area contributed by atoms with E-state index in [4.69, 9.17) is 51.8 Å². The van der Waals surface area contributed by atoms with Gasteiger partial charge in [0.2, 0.25) is 0 Å². The van der Waals surface area contributed by atoms with Gasteiger partial charge in [0.05, 0.1) is 91.5 Å². The second kappa shape index (κ2) is 25.2. The molecule has 0 amide bonds. The highest BCUT2D eigenvalue weighted by Gasteiger charge is 2.74. The molecule has 462 valence electrons. The van der Waals surface area contributed by atoms with Crippen LogP contribution in [0.25, 0.3) is 0 Å². The SMILES string of the molecule is CO[C@@H]1C(=O)CC[C@]2(CO2)[C@H]1[C@]1(C)O[C@@H]1CCOCC(F)(F)F.CO[C@@H]1[C@H](O)CC[C@]2(CO2)[C@H]1[C@]1(C)O[C@@H]1CCOCC(F)(F)F.CO[C@@H]1[C@H](O[Si](C)(C)C(C)(C)C)CC[C@]2(CO2)[C@H]1[C@]1(C)O[C@@H]1CCOCC(F)(F)F.CPC. The topological polar surface area (TPSA) is 177 Å². The standard InChI is InChI=1S/C21H37F3O5Si.C15H23F3O5.C15H21F3O5.C2H7P/c1-18(2,3)30(6,7)29-14-8-10-20(12-27-20)17(16(14)25-5)19(4)15(28-19)9-11-26-13-21(22,23)24;2*1-13(10(23-13)4-6-21-8-15(16,17)18)12-11(20-2)9(19)3-5-14(12)7-22-14;1-3-2/h14-17H,8-13H2,1-7H3;9-12,19H,3-8H2,1-2H3;10-12H,3-8H2,1-2H3;3H,1-2H3/t14-,15-,16-,17-,19-,20+;9-,10-,11-,12-,13-,14+;10-,11-,12-,13-,14+;/m111./s1. The molecule has 17 atom stereocenters. The predicted octanol–water partition coefficient (Wildman–Crippen LogP) is 9.17. The molecule has 3 aliphatic carbocycles. The summed E-state index contributed by atoms with van der Waals surface area (Å²) in [7, 11) is 3.83. The number of aliphatic hydroxyl groups excluding tert-OH is 1.